The smallest absolute Gasteiger partial charge is 0.262 e. The fourth-order valence-corrected chi connectivity index (χ4v) is 4.79. The Bertz CT molecular complexity index is 1600. The number of fused-ring (bicyclic) bond motifs is 2. The number of carbonyl (C=O) groups is 2. The standard InChI is InChI=1S/C28H25FN4O5S/c1-16(2)30-26(35)18-5-3-17(4-6-18)13-33-27(36)21-11-23-24(38-15-37-23)12-22(21)32-28(33)39-14-25(34)31-20-9-7-19(29)8-10-20/h3-12,16H,13-15H2,1-2H3,(H,30,35)(H,31,34). The van der Waals surface area contributed by atoms with Crippen LogP contribution in [0.3, 0.4) is 0 Å². The summed E-state index contributed by atoms with van der Waals surface area (Å²) in [5.41, 5.74) is 1.86. The zero-order valence-electron chi connectivity index (χ0n) is 21.2. The molecule has 4 aromatic rings. The zero-order valence-corrected chi connectivity index (χ0v) is 22.0. The summed E-state index contributed by atoms with van der Waals surface area (Å²) in [5, 5.41) is 6.25. The third-order valence-electron chi connectivity index (χ3n) is 5.85. The lowest BCUT2D eigenvalue weighted by Gasteiger charge is -2.14. The predicted molar refractivity (Wildman–Crippen MR) is 146 cm³/mol. The number of rotatable bonds is 8. The van der Waals surface area contributed by atoms with Crippen molar-refractivity contribution in [1.82, 2.24) is 14.9 Å². The Labute approximate surface area is 227 Å². The topological polar surface area (TPSA) is 112 Å². The first-order valence-corrected chi connectivity index (χ1v) is 13.2. The van der Waals surface area contributed by atoms with Crippen LogP contribution in [-0.2, 0) is 11.3 Å². The molecule has 0 unspecified atom stereocenters. The van der Waals surface area contributed by atoms with Gasteiger partial charge in [-0.15, -0.1) is 0 Å². The van der Waals surface area contributed by atoms with Crippen molar-refractivity contribution < 1.29 is 23.5 Å². The van der Waals surface area contributed by atoms with E-state index in [1.807, 2.05) is 13.8 Å². The molecule has 1 aliphatic rings. The first-order valence-electron chi connectivity index (χ1n) is 12.2. The van der Waals surface area contributed by atoms with Crippen molar-refractivity contribution >= 4 is 40.2 Å². The number of amides is 2. The minimum absolute atomic E-state index is 0.00935. The van der Waals surface area contributed by atoms with Gasteiger partial charge in [-0.1, -0.05) is 23.9 Å². The number of anilines is 1. The lowest BCUT2D eigenvalue weighted by Crippen LogP contribution is -2.30. The van der Waals surface area contributed by atoms with Crippen LogP contribution in [0.15, 0.2) is 70.6 Å². The van der Waals surface area contributed by atoms with Crippen molar-refractivity contribution in [2.24, 2.45) is 0 Å². The van der Waals surface area contributed by atoms with E-state index in [0.29, 0.717) is 38.8 Å². The van der Waals surface area contributed by atoms with Crippen LogP contribution in [-0.4, -0.2) is 40.0 Å². The normalized spacial score (nSPS) is 12.1. The number of nitrogens with one attached hydrogen (secondary N) is 2. The van der Waals surface area contributed by atoms with E-state index < -0.39 is 5.82 Å². The summed E-state index contributed by atoms with van der Waals surface area (Å²) in [6.07, 6.45) is 0. The highest BCUT2D eigenvalue weighted by Crippen LogP contribution is 2.35. The van der Waals surface area contributed by atoms with Gasteiger partial charge in [-0.2, -0.15) is 0 Å². The van der Waals surface area contributed by atoms with E-state index in [0.717, 1.165) is 17.3 Å². The number of halogens is 1. The van der Waals surface area contributed by atoms with E-state index in [1.54, 1.807) is 36.4 Å². The van der Waals surface area contributed by atoms with Gasteiger partial charge in [-0.3, -0.25) is 19.0 Å². The van der Waals surface area contributed by atoms with Gasteiger partial charge in [-0.25, -0.2) is 9.37 Å². The Morgan fingerprint density at radius 3 is 2.44 bits per heavy atom. The highest BCUT2D eigenvalue weighted by Gasteiger charge is 2.20. The summed E-state index contributed by atoms with van der Waals surface area (Å²) in [5.74, 6) is 0.00854. The van der Waals surface area contributed by atoms with E-state index in [1.165, 1.54) is 28.8 Å². The van der Waals surface area contributed by atoms with Crippen LogP contribution in [0, 0.1) is 5.82 Å². The molecule has 9 nitrogen and oxygen atoms in total. The van der Waals surface area contributed by atoms with Gasteiger partial charge in [0.1, 0.15) is 5.82 Å². The van der Waals surface area contributed by atoms with Crippen LogP contribution in [0.4, 0.5) is 10.1 Å². The molecule has 2 heterocycles. The average molecular weight is 549 g/mol. The maximum atomic E-state index is 13.6. The Morgan fingerprint density at radius 1 is 1.05 bits per heavy atom. The highest BCUT2D eigenvalue weighted by molar-refractivity contribution is 7.99. The van der Waals surface area contributed by atoms with Crippen LogP contribution < -0.4 is 25.7 Å². The number of benzene rings is 3. The van der Waals surface area contributed by atoms with Crippen LogP contribution >= 0.6 is 11.8 Å². The second kappa shape index (κ2) is 11.2. The molecule has 200 valence electrons. The van der Waals surface area contributed by atoms with Crippen LogP contribution in [0.5, 0.6) is 11.5 Å². The molecular weight excluding hydrogens is 523 g/mol. The fraction of sp³-hybridized carbons (Fsp3) is 0.214. The van der Waals surface area contributed by atoms with Crippen molar-refractivity contribution in [1.29, 1.82) is 0 Å². The third kappa shape index (κ3) is 6.04. The third-order valence-corrected chi connectivity index (χ3v) is 6.83. The Hall–Kier alpha value is -4.38. The molecule has 0 radical (unpaired) electrons. The van der Waals surface area contributed by atoms with E-state index >= 15 is 0 Å². The number of ether oxygens (including phenoxy) is 2. The fourth-order valence-electron chi connectivity index (χ4n) is 3.99. The first kappa shape index (κ1) is 26.2. The van der Waals surface area contributed by atoms with E-state index in [2.05, 4.69) is 15.6 Å². The molecule has 2 amide bonds. The number of nitrogens with zero attached hydrogens (tertiary/aromatic N) is 2. The maximum Gasteiger partial charge on any atom is 0.262 e. The van der Waals surface area contributed by atoms with Gasteiger partial charge in [0.15, 0.2) is 16.7 Å². The summed E-state index contributed by atoms with van der Waals surface area (Å²) >= 11 is 1.10. The molecule has 11 heteroatoms. The zero-order chi connectivity index (χ0) is 27.5. The van der Waals surface area contributed by atoms with Gasteiger partial charge in [0.25, 0.3) is 11.5 Å². The van der Waals surface area contributed by atoms with Gasteiger partial charge in [0.2, 0.25) is 12.7 Å². The minimum atomic E-state index is -0.402. The van der Waals surface area contributed by atoms with Crippen LogP contribution in [0.2, 0.25) is 0 Å². The molecule has 0 spiro atoms. The summed E-state index contributed by atoms with van der Waals surface area (Å²) in [4.78, 5) is 43.2. The van der Waals surface area contributed by atoms with Crippen molar-refractivity contribution in [3.63, 3.8) is 0 Å². The number of aromatic nitrogens is 2. The molecule has 2 N–H and O–H groups in total. The summed E-state index contributed by atoms with van der Waals surface area (Å²) < 4.78 is 25.5. The van der Waals surface area contributed by atoms with Gasteiger partial charge in [0.05, 0.1) is 23.2 Å². The molecule has 0 saturated heterocycles. The molecule has 5 rings (SSSR count). The van der Waals surface area contributed by atoms with Gasteiger partial charge in [0, 0.05) is 23.4 Å². The maximum absolute atomic E-state index is 13.6. The second-order valence-electron chi connectivity index (χ2n) is 9.18. The monoisotopic (exact) mass is 548 g/mol. The molecule has 0 fully saturated rings. The van der Waals surface area contributed by atoms with Gasteiger partial charge in [-0.05, 0) is 61.9 Å². The molecule has 0 saturated carbocycles. The molecular formula is C28H25FN4O5S. The van der Waals surface area contributed by atoms with Crippen LogP contribution in [0.1, 0.15) is 29.8 Å². The summed E-state index contributed by atoms with van der Waals surface area (Å²) in [6, 6.07) is 15.7. The first-order chi connectivity index (χ1) is 18.8. The molecule has 0 aliphatic carbocycles. The van der Waals surface area contributed by atoms with Crippen LogP contribution in [0.25, 0.3) is 10.9 Å². The van der Waals surface area contributed by atoms with Crippen molar-refractivity contribution in [2.45, 2.75) is 31.6 Å². The van der Waals surface area contributed by atoms with E-state index in [4.69, 9.17) is 9.47 Å². The Balaban J connectivity index is 1.43. The minimum Gasteiger partial charge on any atom is -0.454 e. The van der Waals surface area contributed by atoms with Crippen molar-refractivity contribution in [2.75, 3.05) is 17.9 Å². The molecule has 3 aromatic carbocycles. The molecule has 39 heavy (non-hydrogen) atoms. The Kier molecular flexibility index (Phi) is 7.51. The molecule has 1 aromatic heterocycles. The lowest BCUT2D eigenvalue weighted by atomic mass is 10.1. The quantitative estimate of drug-likeness (QED) is 0.251. The molecule has 0 bridgehead atoms. The Morgan fingerprint density at radius 2 is 1.74 bits per heavy atom. The molecule has 1 aliphatic heterocycles. The highest BCUT2D eigenvalue weighted by atomic mass is 32.2. The van der Waals surface area contributed by atoms with E-state index in [9.17, 15) is 18.8 Å². The van der Waals surface area contributed by atoms with Crippen molar-refractivity contribution in [3.8, 4) is 11.5 Å². The summed E-state index contributed by atoms with van der Waals surface area (Å²) in [7, 11) is 0. The predicted octanol–water partition coefficient (Wildman–Crippen LogP) is 4.18. The summed E-state index contributed by atoms with van der Waals surface area (Å²) in [6.45, 7) is 4.00. The lowest BCUT2D eigenvalue weighted by molar-refractivity contribution is -0.113. The number of carbonyl (C=O) groups excluding carboxylic acids is 2. The number of thioether (sulfide) groups is 1. The molecule has 0 atom stereocenters. The van der Waals surface area contributed by atoms with E-state index in [-0.39, 0.29) is 42.5 Å². The van der Waals surface area contributed by atoms with Gasteiger partial charge >= 0.3 is 0 Å². The van der Waals surface area contributed by atoms with Gasteiger partial charge < -0.3 is 20.1 Å². The second-order valence-corrected chi connectivity index (χ2v) is 10.1. The number of hydrogen-bond donors (Lipinski definition) is 2. The van der Waals surface area contributed by atoms with Crippen molar-refractivity contribution in [3.05, 3.63) is 88.0 Å². The number of hydrogen-bond acceptors (Lipinski definition) is 7. The largest absolute Gasteiger partial charge is 0.454 e. The average Bonchev–Trinajstić information content (AvgIpc) is 3.37. The SMILES string of the molecule is CC(C)NC(=O)c1ccc(Cn2c(SCC(=O)Nc3ccc(F)cc3)nc3cc4c(cc3c2=O)OCO4)cc1.